The number of likely N-dealkylation sites (tertiary alicyclic amines) is 1. The number of para-hydroxylation sites is 1. The van der Waals surface area contributed by atoms with Crippen LogP contribution in [0.2, 0.25) is 0 Å². The highest BCUT2D eigenvalue weighted by atomic mass is 16.5. The molecule has 8 heteroatoms. The Kier molecular flexibility index (Phi) is 7.50. The maximum absolute atomic E-state index is 12.9. The van der Waals surface area contributed by atoms with E-state index in [0.717, 1.165) is 11.1 Å². The molecule has 2 N–H and O–H groups in total. The molecule has 3 aromatic rings. The predicted molar refractivity (Wildman–Crippen MR) is 132 cm³/mol. The van der Waals surface area contributed by atoms with Crippen molar-refractivity contribution in [1.82, 2.24) is 10.2 Å². The Hall–Kier alpha value is -4.07. The van der Waals surface area contributed by atoms with Crippen molar-refractivity contribution < 1.29 is 23.5 Å². The molecule has 2 heterocycles. The number of rotatable bonds is 7. The summed E-state index contributed by atoms with van der Waals surface area (Å²) in [6, 6.07) is 15.9. The van der Waals surface area contributed by atoms with E-state index in [0.29, 0.717) is 42.9 Å². The van der Waals surface area contributed by atoms with Gasteiger partial charge in [-0.1, -0.05) is 24.3 Å². The Morgan fingerprint density at radius 1 is 1.03 bits per heavy atom. The van der Waals surface area contributed by atoms with E-state index in [9.17, 15) is 14.4 Å². The Morgan fingerprint density at radius 2 is 1.80 bits per heavy atom. The van der Waals surface area contributed by atoms with Crippen molar-refractivity contribution >= 4 is 23.4 Å². The number of hydrogen-bond donors (Lipinski definition) is 2. The zero-order chi connectivity index (χ0) is 24.8. The third-order valence-corrected chi connectivity index (χ3v) is 6.21. The number of benzene rings is 2. The highest BCUT2D eigenvalue weighted by Gasteiger charge is 2.25. The van der Waals surface area contributed by atoms with Gasteiger partial charge in [-0.2, -0.15) is 0 Å². The molecule has 8 nitrogen and oxygen atoms in total. The van der Waals surface area contributed by atoms with Crippen LogP contribution in [0.5, 0.6) is 5.75 Å². The van der Waals surface area contributed by atoms with E-state index in [1.54, 1.807) is 37.4 Å². The van der Waals surface area contributed by atoms with Gasteiger partial charge in [0, 0.05) is 35.9 Å². The van der Waals surface area contributed by atoms with Crippen LogP contribution in [0.1, 0.15) is 44.9 Å². The lowest BCUT2D eigenvalue weighted by atomic mass is 10.0. The number of carbonyl (C=O) groups excluding carboxylic acids is 3. The minimum atomic E-state index is -0.374. The summed E-state index contributed by atoms with van der Waals surface area (Å²) in [5, 5.41) is 5.85. The van der Waals surface area contributed by atoms with Gasteiger partial charge in [-0.3, -0.25) is 14.4 Å². The fourth-order valence-corrected chi connectivity index (χ4v) is 4.16. The number of amides is 3. The predicted octanol–water partition coefficient (Wildman–Crippen LogP) is 3.81. The molecular weight excluding hydrogens is 446 g/mol. The number of ether oxygens (including phenoxy) is 1. The highest BCUT2D eigenvalue weighted by Crippen LogP contribution is 2.21. The zero-order valence-corrected chi connectivity index (χ0v) is 19.9. The molecule has 1 aliphatic heterocycles. The molecule has 0 spiro atoms. The summed E-state index contributed by atoms with van der Waals surface area (Å²) in [5.74, 6) is 0.375. The molecule has 1 fully saturated rings. The van der Waals surface area contributed by atoms with Crippen LogP contribution in [-0.4, -0.2) is 48.9 Å². The number of nitrogens with zero attached hydrogens (tertiary/aromatic N) is 1. The zero-order valence-electron chi connectivity index (χ0n) is 19.9. The van der Waals surface area contributed by atoms with E-state index in [2.05, 4.69) is 10.6 Å². The van der Waals surface area contributed by atoms with Gasteiger partial charge in [0.05, 0.1) is 19.8 Å². The van der Waals surface area contributed by atoms with Crippen molar-refractivity contribution in [3.8, 4) is 5.75 Å². The maximum Gasteiger partial charge on any atom is 0.291 e. The van der Waals surface area contributed by atoms with E-state index in [1.807, 2.05) is 36.1 Å². The lowest BCUT2D eigenvalue weighted by Crippen LogP contribution is -2.47. The molecule has 0 saturated carbocycles. The Balaban J connectivity index is 1.31. The quantitative estimate of drug-likeness (QED) is 0.541. The van der Waals surface area contributed by atoms with Gasteiger partial charge >= 0.3 is 0 Å². The third-order valence-electron chi connectivity index (χ3n) is 6.21. The number of carbonyl (C=O) groups is 3. The number of methoxy groups -OCH3 is 1. The third kappa shape index (κ3) is 5.90. The van der Waals surface area contributed by atoms with Crippen molar-refractivity contribution in [1.29, 1.82) is 0 Å². The molecule has 2 aromatic carbocycles. The molecular formula is C27H29N3O5. The second-order valence-electron chi connectivity index (χ2n) is 8.58. The topological polar surface area (TPSA) is 101 Å². The Bertz CT molecular complexity index is 1200. The second-order valence-corrected chi connectivity index (χ2v) is 8.58. The molecule has 0 aliphatic carbocycles. The molecule has 0 radical (unpaired) electrons. The standard InChI is InChI=1S/C27H29N3O5/c1-18-9-10-20(16-22(18)29-27(33)24-8-5-15-35-24)26(32)28-21-11-13-30(14-12-21)25(31)17-19-6-3-4-7-23(19)34-2/h3-10,15-16,21H,11-14,17H2,1-2H3,(H,28,32)(H,29,33). The molecule has 0 atom stereocenters. The van der Waals surface area contributed by atoms with E-state index in [-0.39, 0.29) is 35.9 Å². The molecule has 35 heavy (non-hydrogen) atoms. The molecule has 3 amide bonds. The van der Waals surface area contributed by atoms with Crippen molar-refractivity contribution in [2.75, 3.05) is 25.5 Å². The van der Waals surface area contributed by atoms with Crippen LogP contribution >= 0.6 is 0 Å². The number of nitrogens with one attached hydrogen (secondary N) is 2. The van der Waals surface area contributed by atoms with Crippen LogP contribution in [-0.2, 0) is 11.2 Å². The summed E-state index contributed by atoms with van der Waals surface area (Å²) >= 11 is 0. The molecule has 182 valence electrons. The first-order valence-corrected chi connectivity index (χ1v) is 11.6. The monoisotopic (exact) mass is 475 g/mol. The molecule has 1 aromatic heterocycles. The van der Waals surface area contributed by atoms with Gasteiger partial charge in [-0.15, -0.1) is 0 Å². The summed E-state index contributed by atoms with van der Waals surface area (Å²) in [6.07, 6.45) is 3.08. The van der Waals surface area contributed by atoms with Crippen LogP contribution in [0.4, 0.5) is 5.69 Å². The van der Waals surface area contributed by atoms with Crippen molar-refractivity contribution in [3.63, 3.8) is 0 Å². The minimum absolute atomic E-state index is 0.0275. The average molecular weight is 476 g/mol. The minimum Gasteiger partial charge on any atom is -0.496 e. The Labute approximate surface area is 204 Å². The Morgan fingerprint density at radius 3 is 2.51 bits per heavy atom. The first-order chi connectivity index (χ1) is 16.9. The van der Waals surface area contributed by atoms with Gasteiger partial charge in [-0.25, -0.2) is 0 Å². The van der Waals surface area contributed by atoms with Crippen LogP contribution < -0.4 is 15.4 Å². The number of aryl methyl sites for hydroxylation is 1. The van der Waals surface area contributed by atoms with E-state index in [4.69, 9.17) is 9.15 Å². The van der Waals surface area contributed by atoms with Gasteiger partial charge in [0.15, 0.2) is 5.76 Å². The second kappa shape index (κ2) is 10.9. The van der Waals surface area contributed by atoms with Gasteiger partial charge in [-0.05, 0) is 55.7 Å². The number of hydrogen-bond acceptors (Lipinski definition) is 5. The molecule has 1 aliphatic rings. The molecule has 1 saturated heterocycles. The van der Waals surface area contributed by atoms with Crippen LogP contribution in [0.25, 0.3) is 0 Å². The lowest BCUT2D eigenvalue weighted by Gasteiger charge is -2.32. The SMILES string of the molecule is COc1ccccc1CC(=O)N1CCC(NC(=O)c2ccc(C)c(NC(=O)c3ccco3)c2)CC1. The van der Waals surface area contributed by atoms with Gasteiger partial charge in [0.2, 0.25) is 5.91 Å². The summed E-state index contributed by atoms with van der Waals surface area (Å²) < 4.78 is 10.5. The van der Waals surface area contributed by atoms with Crippen molar-refractivity contribution in [2.45, 2.75) is 32.2 Å². The largest absolute Gasteiger partial charge is 0.496 e. The molecule has 0 bridgehead atoms. The van der Waals surface area contributed by atoms with Crippen LogP contribution in [0.3, 0.4) is 0 Å². The van der Waals surface area contributed by atoms with E-state index >= 15 is 0 Å². The van der Waals surface area contributed by atoms with Crippen LogP contribution in [0.15, 0.2) is 65.3 Å². The van der Waals surface area contributed by atoms with Crippen LogP contribution in [0, 0.1) is 6.92 Å². The fourth-order valence-electron chi connectivity index (χ4n) is 4.16. The smallest absolute Gasteiger partial charge is 0.291 e. The summed E-state index contributed by atoms with van der Waals surface area (Å²) in [4.78, 5) is 39.8. The van der Waals surface area contributed by atoms with Crippen molar-refractivity contribution in [2.24, 2.45) is 0 Å². The summed E-state index contributed by atoms with van der Waals surface area (Å²) in [6.45, 7) is 3.02. The highest BCUT2D eigenvalue weighted by molar-refractivity contribution is 6.04. The normalized spacial score (nSPS) is 13.8. The maximum atomic E-state index is 12.9. The summed E-state index contributed by atoms with van der Waals surface area (Å²) in [5.41, 5.74) is 2.71. The van der Waals surface area contributed by atoms with E-state index in [1.165, 1.54) is 6.26 Å². The van der Waals surface area contributed by atoms with Crippen molar-refractivity contribution in [3.05, 3.63) is 83.3 Å². The average Bonchev–Trinajstić information content (AvgIpc) is 3.41. The number of piperidine rings is 1. The van der Waals surface area contributed by atoms with Gasteiger partial charge in [0.25, 0.3) is 11.8 Å². The van der Waals surface area contributed by atoms with E-state index < -0.39 is 0 Å². The molecule has 4 rings (SSSR count). The lowest BCUT2D eigenvalue weighted by molar-refractivity contribution is -0.131. The van der Waals surface area contributed by atoms with Gasteiger partial charge < -0.3 is 24.7 Å². The first kappa shape index (κ1) is 24.1. The molecule has 0 unspecified atom stereocenters. The fraction of sp³-hybridized carbons (Fsp3) is 0.296. The summed E-state index contributed by atoms with van der Waals surface area (Å²) in [7, 11) is 1.60. The number of furan rings is 1. The first-order valence-electron chi connectivity index (χ1n) is 11.6. The van der Waals surface area contributed by atoms with Gasteiger partial charge in [0.1, 0.15) is 5.75 Å². The number of anilines is 1.